The van der Waals surface area contributed by atoms with E-state index in [1.54, 1.807) is 0 Å². The van der Waals surface area contributed by atoms with Crippen LogP contribution in [0.3, 0.4) is 0 Å². The van der Waals surface area contributed by atoms with Crippen molar-refractivity contribution in [3.63, 3.8) is 0 Å². The van der Waals surface area contributed by atoms with Gasteiger partial charge in [-0.3, -0.25) is 4.79 Å². The number of hydrogen-bond donors (Lipinski definition) is 1. The molecule has 0 aliphatic carbocycles. The summed E-state index contributed by atoms with van der Waals surface area (Å²) in [5, 5.41) is 9.44. The van der Waals surface area contributed by atoms with Gasteiger partial charge in [-0.1, -0.05) is 22.0 Å². The zero-order valence-corrected chi connectivity index (χ0v) is 12.5. The van der Waals surface area contributed by atoms with Gasteiger partial charge in [0.05, 0.1) is 5.41 Å². The van der Waals surface area contributed by atoms with Crippen molar-refractivity contribution in [3.8, 4) is 0 Å². The van der Waals surface area contributed by atoms with Crippen molar-refractivity contribution in [2.75, 3.05) is 18.0 Å². The number of carboxylic acid groups (broad SMARTS) is 1. The van der Waals surface area contributed by atoms with Gasteiger partial charge in [-0.05, 0) is 38.5 Å². The molecule has 0 fully saturated rings. The number of carbonyl (C=O) groups is 1. The fraction of sp³-hybridized carbons (Fsp3) is 0.500. The fourth-order valence-corrected chi connectivity index (χ4v) is 3.23. The molecule has 0 bridgehead atoms. The summed E-state index contributed by atoms with van der Waals surface area (Å²) in [7, 11) is 0. The summed E-state index contributed by atoms with van der Waals surface area (Å²) >= 11 is 3.57. The topological polar surface area (TPSA) is 40.5 Å². The molecule has 18 heavy (non-hydrogen) atoms. The smallest absolute Gasteiger partial charge is 0.309 e. The Morgan fingerprint density at radius 3 is 2.78 bits per heavy atom. The van der Waals surface area contributed by atoms with Crippen LogP contribution in [-0.4, -0.2) is 24.2 Å². The first-order valence-corrected chi connectivity index (χ1v) is 6.95. The van der Waals surface area contributed by atoms with Crippen LogP contribution in [0.1, 0.15) is 32.3 Å². The number of aliphatic carboxylic acids is 1. The van der Waals surface area contributed by atoms with Crippen LogP contribution < -0.4 is 4.90 Å². The molecule has 1 atom stereocenters. The van der Waals surface area contributed by atoms with Gasteiger partial charge in [-0.25, -0.2) is 0 Å². The molecule has 3 nitrogen and oxygen atoms in total. The van der Waals surface area contributed by atoms with Gasteiger partial charge in [-0.15, -0.1) is 0 Å². The Hall–Kier alpha value is -1.03. The molecule has 98 valence electrons. The Morgan fingerprint density at radius 1 is 1.56 bits per heavy atom. The van der Waals surface area contributed by atoms with Crippen molar-refractivity contribution in [2.45, 2.75) is 26.7 Å². The second-order valence-corrected chi connectivity index (χ2v) is 6.15. The number of nitrogens with zero attached hydrogens (tertiary/aromatic N) is 1. The lowest BCUT2D eigenvalue weighted by atomic mass is 9.76. The molecule has 0 aromatic heterocycles. The van der Waals surface area contributed by atoms with E-state index in [2.05, 4.69) is 33.8 Å². The molecule has 0 amide bonds. The zero-order chi connectivity index (χ0) is 13.5. The first-order chi connectivity index (χ1) is 8.39. The monoisotopic (exact) mass is 311 g/mol. The molecular weight excluding hydrogens is 294 g/mol. The molecule has 0 saturated heterocycles. The van der Waals surface area contributed by atoms with Crippen LogP contribution in [-0.2, 0) is 4.79 Å². The molecule has 1 aromatic carbocycles. The maximum Gasteiger partial charge on any atom is 0.309 e. The van der Waals surface area contributed by atoms with Crippen molar-refractivity contribution in [2.24, 2.45) is 5.41 Å². The van der Waals surface area contributed by atoms with Gasteiger partial charge in [0.2, 0.25) is 0 Å². The second-order valence-electron chi connectivity index (χ2n) is 5.29. The lowest BCUT2D eigenvalue weighted by Gasteiger charge is -2.28. The number of anilines is 1. The lowest BCUT2D eigenvalue weighted by Crippen LogP contribution is -2.34. The number of rotatable bonds is 3. The highest BCUT2D eigenvalue weighted by Gasteiger charge is 2.44. The minimum Gasteiger partial charge on any atom is -0.481 e. The van der Waals surface area contributed by atoms with Crippen LogP contribution >= 0.6 is 15.9 Å². The molecule has 1 aliphatic rings. The molecule has 1 aromatic rings. The molecule has 2 rings (SSSR count). The highest BCUT2D eigenvalue weighted by molar-refractivity contribution is 9.10. The summed E-state index contributed by atoms with van der Waals surface area (Å²) in [6.07, 6.45) is 0. The Morgan fingerprint density at radius 2 is 2.22 bits per heavy atom. The van der Waals surface area contributed by atoms with Gasteiger partial charge in [0.1, 0.15) is 0 Å². The summed E-state index contributed by atoms with van der Waals surface area (Å²) in [5.74, 6) is -0.729. The SMILES string of the molecule is CCN1CC(C(C)(C)C(=O)O)c2c(Br)cccc21. The van der Waals surface area contributed by atoms with Crippen molar-refractivity contribution < 1.29 is 9.90 Å². The van der Waals surface area contributed by atoms with Gasteiger partial charge in [0.25, 0.3) is 0 Å². The number of hydrogen-bond acceptors (Lipinski definition) is 2. The predicted molar refractivity (Wildman–Crippen MR) is 76.2 cm³/mol. The van der Waals surface area contributed by atoms with Gasteiger partial charge in [0, 0.05) is 29.2 Å². The van der Waals surface area contributed by atoms with Gasteiger partial charge < -0.3 is 10.0 Å². The van der Waals surface area contributed by atoms with Crippen LogP contribution in [0, 0.1) is 5.41 Å². The van der Waals surface area contributed by atoms with E-state index in [1.165, 1.54) is 0 Å². The Balaban J connectivity index is 2.53. The zero-order valence-electron chi connectivity index (χ0n) is 10.9. The van der Waals surface area contributed by atoms with E-state index >= 15 is 0 Å². The van der Waals surface area contributed by atoms with Crippen LogP contribution in [0.2, 0.25) is 0 Å². The van der Waals surface area contributed by atoms with Gasteiger partial charge in [-0.2, -0.15) is 0 Å². The fourth-order valence-electron chi connectivity index (χ4n) is 2.59. The number of likely N-dealkylation sites (N-methyl/N-ethyl adjacent to an activating group) is 1. The first kappa shape index (κ1) is 13.4. The second kappa shape index (κ2) is 4.57. The molecule has 1 N–H and O–H groups in total. The van der Waals surface area contributed by atoms with Crippen molar-refractivity contribution in [1.82, 2.24) is 0 Å². The van der Waals surface area contributed by atoms with Crippen molar-refractivity contribution in [1.29, 1.82) is 0 Å². The molecule has 0 radical (unpaired) electrons. The number of carboxylic acids is 1. The Bertz CT molecular complexity index is 485. The van der Waals surface area contributed by atoms with Crippen molar-refractivity contribution in [3.05, 3.63) is 28.2 Å². The van der Waals surface area contributed by atoms with E-state index < -0.39 is 11.4 Å². The average Bonchev–Trinajstić information content (AvgIpc) is 2.69. The summed E-state index contributed by atoms with van der Waals surface area (Å²) in [5.41, 5.74) is 1.53. The largest absolute Gasteiger partial charge is 0.481 e. The van der Waals surface area contributed by atoms with Gasteiger partial charge >= 0.3 is 5.97 Å². The van der Waals surface area contributed by atoms with Crippen LogP contribution in [0.5, 0.6) is 0 Å². The minimum atomic E-state index is -0.761. The Labute approximate surface area is 116 Å². The molecule has 0 spiro atoms. The average molecular weight is 312 g/mol. The third-order valence-corrected chi connectivity index (χ3v) is 4.62. The number of fused-ring (bicyclic) bond motifs is 1. The van der Waals surface area contributed by atoms with E-state index in [9.17, 15) is 9.90 Å². The Kier molecular flexibility index (Phi) is 3.41. The van der Waals surface area contributed by atoms with E-state index in [4.69, 9.17) is 0 Å². The maximum atomic E-state index is 11.5. The molecular formula is C14H18BrNO2. The third kappa shape index (κ3) is 1.92. The number of halogens is 1. The van der Waals surface area contributed by atoms with E-state index in [-0.39, 0.29) is 5.92 Å². The maximum absolute atomic E-state index is 11.5. The summed E-state index contributed by atoms with van der Waals surface area (Å²) in [6.45, 7) is 7.38. The highest BCUT2D eigenvalue weighted by atomic mass is 79.9. The van der Waals surface area contributed by atoms with Crippen LogP contribution in [0.4, 0.5) is 5.69 Å². The molecule has 1 unspecified atom stereocenters. The van der Waals surface area contributed by atoms with Crippen LogP contribution in [0.15, 0.2) is 22.7 Å². The van der Waals surface area contributed by atoms with E-state index in [1.807, 2.05) is 26.0 Å². The summed E-state index contributed by atoms with van der Waals surface area (Å²) in [4.78, 5) is 13.7. The van der Waals surface area contributed by atoms with E-state index in [0.29, 0.717) is 0 Å². The van der Waals surface area contributed by atoms with Gasteiger partial charge in [0.15, 0.2) is 0 Å². The standard InChI is InChI=1S/C14H18BrNO2/c1-4-16-8-9(14(2,3)13(17)18)12-10(15)6-5-7-11(12)16/h5-7,9H,4,8H2,1-3H3,(H,17,18). The molecule has 4 heteroatoms. The molecule has 1 heterocycles. The summed E-state index contributed by atoms with van der Waals surface area (Å²) in [6, 6.07) is 6.06. The minimum absolute atomic E-state index is 0.0144. The normalized spacial score (nSPS) is 18.9. The van der Waals surface area contributed by atoms with Crippen molar-refractivity contribution >= 4 is 27.6 Å². The summed E-state index contributed by atoms with van der Waals surface area (Å²) < 4.78 is 1.01. The highest BCUT2D eigenvalue weighted by Crippen LogP contribution is 2.48. The van der Waals surface area contributed by atoms with E-state index in [0.717, 1.165) is 28.8 Å². The third-order valence-electron chi connectivity index (χ3n) is 3.93. The number of benzene rings is 1. The lowest BCUT2D eigenvalue weighted by molar-refractivity contribution is -0.148. The predicted octanol–water partition coefficient (Wildman–Crippen LogP) is 3.48. The molecule has 0 saturated carbocycles. The van der Waals surface area contributed by atoms with Crippen LogP contribution in [0.25, 0.3) is 0 Å². The first-order valence-electron chi connectivity index (χ1n) is 6.16. The quantitative estimate of drug-likeness (QED) is 0.929. The molecule has 1 aliphatic heterocycles.